The van der Waals surface area contributed by atoms with Crippen LogP contribution in [-0.2, 0) is 14.8 Å². The van der Waals surface area contributed by atoms with Crippen molar-refractivity contribution < 1.29 is 17.9 Å². The highest BCUT2D eigenvalue weighted by Gasteiger charge is 2.13. The maximum absolute atomic E-state index is 12.3. The number of aromatic nitrogens is 2. The van der Waals surface area contributed by atoms with Gasteiger partial charge in [-0.3, -0.25) is 4.79 Å². The zero-order valence-corrected chi connectivity index (χ0v) is 17.4. The second kappa shape index (κ2) is 9.47. The summed E-state index contributed by atoms with van der Waals surface area (Å²) in [6, 6.07) is 17.3. The van der Waals surface area contributed by atoms with Crippen LogP contribution in [0.4, 0.5) is 5.69 Å². The number of benzene rings is 2. The molecular weight excluding hydrogens is 404 g/mol. The first-order chi connectivity index (χ1) is 14.3. The van der Waals surface area contributed by atoms with E-state index >= 15 is 0 Å². The molecule has 2 aromatic carbocycles. The summed E-state index contributed by atoms with van der Waals surface area (Å²) < 4.78 is 32.6. The van der Waals surface area contributed by atoms with E-state index in [9.17, 15) is 13.2 Å². The van der Waals surface area contributed by atoms with Gasteiger partial charge in [-0.05, 0) is 37.3 Å². The number of amides is 1. The van der Waals surface area contributed by atoms with E-state index in [0.717, 1.165) is 16.8 Å². The Morgan fingerprint density at radius 1 is 0.967 bits per heavy atom. The molecule has 0 atom stereocenters. The first-order valence-corrected chi connectivity index (χ1v) is 10.7. The Morgan fingerprint density at radius 3 is 2.27 bits per heavy atom. The standard InChI is InChI=1S/C21H22N4O4S/c1-15-3-5-17(6-4-15)20-11-12-21(25-24-20)29-14-13-22-30(27,28)19-9-7-18(8-10-19)23-16(2)26/h3-12,22H,13-14H2,1-2H3,(H,23,26). The van der Waals surface area contributed by atoms with Crippen LogP contribution in [0.3, 0.4) is 0 Å². The van der Waals surface area contributed by atoms with E-state index < -0.39 is 10.0 Å². The second-order valence-corrected chi connectivity index (χ2v) is 8.34. The molecule has 0 spiro atoms. The third kappa shape index (κ3) is 5.85. The summed E-state index contributed by atoms with van der Waals surface area (Å²) in [6.07, 6.45) is 0. The van der Waals surface area contributed by atoms with Crippen molar-refractivity contribution in [2.75, 3.05) is 18.5 Å². The molecule has 1 heterocycles. The van der Waals surface area contributed by atoms with Crippen LogP contribution in [0.15, 0.2) is 65.6 Å². The molecule has 2 N–H and O–H groups in total. The molecule has 3 aromatic rings. The Bertz CT molecular complexity index is 1100. The Hall–Kier alpha value is -3.30. The SMILES string of the molecule is CC(=O)Nc1ccc(S(=O)(=O)NCCOc2ccc(-c3ccc(C)cc3)nn2)cc1. The Labute approximate surface area is 175 Å². The van der Waals surface area contributed by atoms with Crippen molar-refractivity contribution in [3.63, 3.8) is 0 Å². The lowest BCUT2D eigenvalue weighted by molar-refractivity contribution is -0.114. The summed E-state index contributed by atoms with van der Waals surface area (Å²) in [5, 5.41) is 10.7. The Kier molecular flexibility index (Phi) is 6.76. The van der Waals surface area contributed by atoms with Gasteiger partial charge >= 0.3 is 0 Å². The zero-order valence-electron chi connectivity index (χ0n) is 16.6. The fraction of sp³-hybridized carbons (Fsp3) is 0.190. The van der Waals surface area contributed by atoms with Crippen molar-refractivity contribution in [3.05, 3.63) is 66.2 Å². The van der Waals surface area contributed by atoms with Gasteiger partial charge in [0, 0.05) is 30.8 Å². The number of ether oxygens (including phenoxy) is 1. The molecular formula is C21H22N4O4S. The van der Waals surface area contributed by atoms with Crippen LogP contribution in [0.1, 0.15) is 12.5 Å². The molecule has 0 bridgehead atoms. The normalized spacial score (nSPS) is 11.1. The average Bonchev–Trinajstić information content (AvgIpc) is 2.72. The van der Waals surface area contributed by atoms with Crippen molar-refractivity contribution in [3.8, 4) is 17.1 Å². The summed E-state index contributed by atoms with van der Waals surface area (Å²) in [6.45, 7) is 3.56. The van der Waals surface area contributed by atoms with Crippen molar-refractivity contribution in [1.29, 1.82) is 0 Å². The van der Waals surface area contributed by atoms with Gasteiger partial charge in [0.25, 0.3) is 0 Å². The number of carbonyl (C=O) groups excluding carboxylic acids is 1. The quantitative estimate of drug-likeness (QED) is 0.536. The summed E-state index contributed by atoms with van der Waals surface area (Å²) in [4.78, 5) is 11.1. The smallest absolute Gasteiger partial charge is 0.240 e. The number of aryl methyl sites for hydroxylation is 1. The van der Waals surface area contributed by atoms with Crippen LogP contribution in [-0.4, -0.2) is 37.7 Å². The van der Waals surface area contributed by atoms with E-state index in [-0.39, 0.29) is 24.0 Å². The van der Waals surface area contributed by atoms with Gasteiger partial charge in [-0.25, -0.2) is 13.1 Å². The lowest BCUT2D eigenvalue weighted by Crippen LogP contribution is -2.28. The van der Waals surface area contributed by atoms with Gasteiger partial charge in [-0.15, -0.1) is 10.2 Å². The molecule has 0 unspecified atom stereocenters. The maximum Gasteiger partial charge on any atom is 0.240 e. The van der Waals surface area contributed by atoms with E-state index in [1.54, 1.807) is 12.1 Å². The number of nitrogens with one attached hydrogen (secondary N) is 2. The van der Waals surface area contributed by atoms with Gasteiger partial charge in [-0.1, -0.05) is 29.8 Å². The van der Waals surface area contributed by atoms with Gasteiger partial charge < -0.3 is 10.1 Å². The summed E-state index contributed by atoms with van der Waals surface area (Å²) in [5.41, 5.74) is 3.37. The number of rotatable bonds is 8. The molecule has 0 aliphatic heterocycles. The maximum atomic E-state index is 12.3. The van der Waals surface area contributed by atoms with Gasteiger partial charge in [0.05, 0.1) is 10.6 Å². The molecule has 156 valence electrons. The number of hydrogen-bond acceptors (Lipinski definition) is 6. The molecule has 0 aliphatic carbocycles. The largest absolute Gasteiger partial charge is 0.475 e. The number of carbonyl (C=O) groups is 1. The first kappa shape index (κ1) is 21.4. The highest BCUT2D eigenvalue weighted by atomic mass is 32.2. The lowest BCUT2D eigenvalue weighted by atomic mass is 10.1. The van der Waals surface area contributed by atoms with Crippen molar-refractivity contribution in [1.82, 2.24) is 14.9 Å². The van der Waals surface area contributed by atoms with E-state index in [1.165, 1.54) is 31.2 Å². The second-order valence-electron chi connectivity index (χ2n) is 6.57. The van der Waals surface area contributed by atoms with Crippen molar-refractivity contribution in [2.24, 2.45) is 0 Å². The molecule has 1 amide bonds. The molecule has 0 fully saturated rings. The topological polar surface area (TPSA) is 110 Å². The minimum atomic E-state index is -3.68. The molecule has 30 heavy (non-hydrogen) atoms. The molecule has 0 saturated heterocycles. The van der Waals surface area contributed by atoms with Crippen LogP contribution >= 0.6 is 0 Å². The van der Waals surface area contributed by atoms with Gasteiger partial charge in [0.1, 0.15) is 6.61 Å². The molecule has 0 saturated carbocycles. The van der Waals surface area contributed by atoms with E-state index in [1.807, 2.05) is 31.2 Å². The van der Waals surface area contributed by atoms with Gasteiger partial charge in [0.2, 0.25) is 21.8 Å². The van der Waals surface area contributed by atoms with Crippen molar-refractivity contribution >= 4 is 21.6 Å². The highest BCUT2D eigenvalue weighted by molar-refractivity contribution is 7.89. The average molecular weight is 426 g/mol. The zero-order chi connectivity index (χ0) is 21.6. The van der Waals surface area contributed by atoms with Crippen LogP contribution in [0.5, 0.6) is 5.88 Å². The minimum Gasteiger partial charge on any atom is -0.475 e. The summed E-state index contributed by atoms with van der Waals surface area (Å²) in [7, 11) is -3.68. The summed E-state index contributed by atoms with van der Waals surface area (Å²) in [5.74, 6) is 0.0839. The third-order valence-corrected chi connectivity index (χ3v) is 5.59. The molecule has 0 radical (unpaired) electrons. The molecule has 9 heteroatoms. The molecule has 3 rings (SSSR count). The predicted molar refractivity (Wildman–Crippen MR) is 114 cm³/mol. The fourth-order valence-electron chi connectivity index (χ4n) is 2.61. The molecule has 1 aromatic heterocycles. The Balaban J connectivity index is 1.50. The van der Waals surface area contributed by atoms with Crippen molar-refractivity contribution in [2.45, 2.75) is 18.7 Å². The van der Waals surface area contributed by atoms with E-state index in [4.69, 9.17) is 4.74 Å². The fourth-order valence-corrected chi connectivity index (χ4v) is 3.62. The minimum absolute atomic E-state index is 0.0666. The number of sulfonamides is 1. The van der Waals surface area contributed by atoms with Gasteiger partial charge in [0.15, 0.2) is 0 Å². The van der Waals surface area contributed by atoms with Crippen LogP contribution in [0, 0.1) is 6.92 Å². The van der Waals surface area contributed by atoms with E-state index in [0.29, 0.717) is 11.6 Å². The Morgan fingerprint density at radius 2 is 1.67 bits per heavy atom. The van der Waals surface area contributed by atoms with Gasteiger partial charge in [-0.2, -0.15) is 0 Å². The molecule has 8 nitrogen and oxygen atoms in total. The van der Waals surface area contributed by atoms with Crippen LogP contribution in [0.2, 0.25) is 0 Å². The highest BCUT2D eigenvalue weighted by Crippen LogP contribution is 2.18. The summed E-state index contributed by atoms with van der Waals surface area (Å²) >= 11 is 0. The number of anilines is 1. The van der Waals surface area contributed by atoms with Crippen LogP contribution in [0.25, 0.3) is 11.3 Å². The monoisotopic (exact) mass is 426 g/mol. The number of hydrogen-bond donors (Lipinski definition) is 2. The lowest BCUT2D eigenvalue weighted by Gasteiger charge is -2.09. The van der Waals surface area contributed by atoms with Crippen LogP contribution < -0.4 is 14.8 Å². The van der Waals surface area contributed by atoms with E-state index in [2.05, 4.69) is 20.2 Å². The molecule has 0 aliphatic rings. The first-order valence-electron chi connectivity index (χ1n) is 9.24. The number of nitrogens with zero attached hydrogens (tertiary/aromatic N) is 2. The predicted octanol–water partition coefficient (Wildman–Crippen LogP) is 2.77. The third-order valence-electron chi connectivity index (χ3n) is 4.12.